The summed E-state index contributed by atoms with van der Waals surface area (Å²) in [4.78, 5) is 84.7. The second-order valence-corrected chi connectivity index (χ2v) is 8.77. The number of nitrogens with one attached hydrogen (secondary N) is 4. The molecule has 1 fully saturated rings. The SMILES string of the molecule is CC(NN[C@@H](CC(N)=O)C(=O)C(=O)[C@@H](NC(=O)[C@@H]1CCCN1)C(C)C)C(=O)C(=O)[C@@H](N)CC(=O)O. The van der Waals surface area contributed by atoms with Crippen LogP contribution in [0.25, 0.3) is 0 Å². The number of amides is 2. The lowest BCUT2D eigenvalue weighted by atomic mass is 9.93. The number of carbonyl (C=O) groups excluding carboxylic acids is 6. The van der Waals surface area contributed by atoms with E-state index < -0.39 is 89.9 Å². The fourth-order valence-corrected chi connectivity index (χ4v) is 3.40. The van der Waals surface area contributed by atoms with Crippen LogP contribution >= 0.6 is 0 Å². The molecular weight excluding hydrogens is 464 g/mol. The van der Waals surface area contributed by atoms with E-state index in [0.29, 0.717) is 13.0 Å². The second kappa shape index (κ2) is 13.7. The van der Waals surface area contributed by atoms with Crippen molar-refractivity contribution in [2.45, 2.75) is 76.7 Å². The maximum atomic E-state index is 12.9. The summed E-state index contributed by atoms with van der Waals surface area (Å²) < 4.78 is 0. The van der Waals surface area contributed by atoms with Gasteiger partial charge < -0.3 is 27.2 Å². The number of primary amides is 1. The summed E-state index contributed by atoms with van der Waals surface area (Å²) in [5, 5.41) is 14.3. The molecule has 2 amide bonds. The molecule has 35 heavy (non-hydrogen) atoms. The van der Waals surface area contributed by atoms with Gasteiger partial charge in [-0.15, -0.1) is 0 Å². The van der Waals surface area contributed by atoms with Crippen LogP contribution in [0.1, 0.15) is 46.5 Å². The summed E-state index contributed by atoms with van der Waals surface area (Å²) in [6, 6.07) is -5.98. The van der Waals surface area contributed by atoms with E-state index in [0.717, 1.165) is 6.42 Å². The van der Waals surface area contributed by atoms with Crippen LogP contribution in [-0.2, 0) is 33.6 Å². The van der Waals surface area contributed by atoms with Crippen molar-refractivity contribution in [2.24, 2.45) is 17.4 Å². The molecular formula is C21H34N6O8. The molecule has 1 saturated heterocycles. The van der Waals surface area contributed by atoms with E-state index in [-0.39, 0.29) is 0 Å². The van der Waals surface area contributed by atoms with Gasteiger partial charge in [-0.3, -0.25) is 33.6 Å². The van der Waals surface area contributed by atoms with E-state index in [4.69, 9.17) is 16.6 Å². The van der Waals surface area contributed by atoms with Crippen LogP contribution in [0.4, 0.5) is 0 Å². The molecule has 0 aromatic rings. The Morgan fingerprint density at radius 1 is 0.943 bits per heavy atom. The highest BCUT2D eigenvalue weighted by Crippen LogP contribution is 2.10. The highest BCUT2D eigenvalue weighted by molar-refractivity contribution is 6.42. The molecule has 0 spiro atoms. The lowest BCUT2D eigenvalue weighted by Crippen LogP contribution is -2.59. The lowest BCUT2D eigenvalue weighted by Gasteiger charge is -2.25. The number of carboxylic acids is 1. The Hall–Kier alpha value is -3.07. The van der Waals surface area contributed by atoms with Crippen molar-refractivity contribution < 1.29 is 38.7 Å². The first-order valence-electron chi connectivity index (χ1n) is 11.2. The standard InChI is InChI=1S/C21H34N6O8/c1-9(2)16(25-21(35)12-5-4-6-24-12)20(34)19(33)13(8-14(23)28)27-26-10(3)17(31)18(32)11(22)7-15(29)30/h9-13,16,24,26-27H,4-8,22H2,1-3H3,(H2,23,28)(H,25,35)(H,29,30)/t10?,11-,12-,13-,16-/m0/s1. The van der Waals surface area contributed by atoms with Gasteiger partial charge in [-0.05, 0) is 32.2 Å². The van der Waals surface area contributed by atoms with Crippen molar-refractivity contribution in [3.05, 3.63) is 0 Å². The minimum absolute atomic E-state index is 0.421. The fraction of sp³-hybridized carbons (Fsp3) is 0.667. The first-order chi connectivity index (χ1) is 16.3. The number of carboxylic acid groups (broad SMARTS) is 1. The van der Waals surface area contributed by atoms with Crippen LogP contribution in [0.5, 0.6) is 0 Å². The van der Waals surface area contributed by atoms with Gasteiger partial charge in [0.1, 0.15) is 0 Å². The van der Waals surface area contributed by atoms with Gasteiger partial charge in [-0.25, -0.2) is 10.9 Å². The van der Waals surface area contributed by atoms with Crippen molar-refractivity contribution in [1.29, 1.82) is 0 Å². The van der Waals surface area contributed by atoms with Gasteiger partial charge in [-0.2, -0.15) is 0 Å². The lowest BCUT2D eigenvalue weighted by molar-refractivity contribution is -0.143. The average molecular weight is 499 g/mol. The zero-order chi connectivity index (χ0) is 26.9. The number of hydrogen-bond acceptors (Lipinski definition) is 11. The molecule has 1 unspecified atom stereocenters. The predicted molar refractivity (Wildman–Crippen MR) is 121 cm³/mol. The topological polar surface area (TPSA) is 240 Å². The van der Waals surface area contributed by atoms with Gasteiger partial charge in [-0.1, -0.05) is 13.8 Å². The van der Waals surface area contributed by atoms with E-state index in [1.54, 1.807) is 13.8 Å². The zero-order valence-corrected chi connectivity index (χ0v) is 20.0. The van der Waals surface area contributed by atoms with E-state index in [1.165, 1.54) is 6.92 Å². The monoisotopic (exact) mass is 498 g/mol. The quantitative estimate of drug-likeness (QED) is 0.0817. The first kappa shape index (κ1) is 30.0. The average Bonchev–Trinajstić information content (AvgIpc) is 3.32. The number of nitrogens with two attached hydrogens (primary N) is 2. The van der Waals surface area contributed by atoms with Crippen LogP contribution in [0.2, 0.25) is 0 Å². The van der Waals surface area contributed by atoms with E-state index in [1.807, 2.05) is 0 Å². The second-order valence-electron chi connectivity index (χ2n) is 8.77. The van der Waals surface area contributed by atoms with Gasteiger partial charge in [0.05, 0.1) is 43.1 Å². The molecule has 0 radical (unpaired) electrons. The molecule has 0 aromatic heterocycles. The first-order valence-corrected chi connectivity index (χ1v) is 11.2. The highest BCUT2D eigenvalue weighted by atomic mass is 16.4. The Bertz CT molecular complexity index is 855. The smallest absolute Gasteiger partial charge is 0.305 e. The van der Waals surface area contributed by atoms with Gasteiger partial charge in [0.2, 0.25) is 34.9 Å². The maximum absolute atomic E-state index is 12.9. The normalized spacial score (nSPS) is 18.8. The van der Waals surface area contributed by atoms with Crippen molar-refractivity contribution in [2.75, 3.05) is 6.54 Å². The summed E-state index contributed by atoms with van der Waals surface area (Å²) in [5.41, 5.74) is 15.3. The maximum Gasteiger partial charge on any atom is 0.305 e. The van der Waals surface area contributed by atoms with Crippen LogP contribution in [0.3, 0.4) is 0 Å². The van der Waals surface area contributed by atoms with E-state index >= 15 is 0 Å². The molecule has 0 bridgehead atoms. The number of hydrazine groups is 1. The van der Waals surface area contributed by atoms with Crippen molar-refractivity contribution in [1.82, 2.24) is 21.5 Å². The third kappa shape index (κ3) is 9.24. The molecule has 14 nitrogen and oxygen atoms in total. The van der Waals surface area contributed by atoms with Gasteiger partial charge in [0.15, 0.2) is 0 Å². The molecule has 9 N–H and O–H groups in total. The Kier molecular flexibility index (Phi) is 11.7. The number of aliphatic carboxylic acids is 1. The predicted octanol–water partition coefficient (Wildman–Crippen LogP) is -3.32. The van der Waals surface area contributed by atoms with E-state index in [9.17, 15) is 33.6 Å². The minimum Gasteiger partial charge on any atom is -0.481 e. The Morgan fingerprint density at radius 2 is 1.57 bits per heavy atom. The Morgan fingerprint density at radius 3 is 2.06 bits per heavy atom. The van der Waals surface area contributed by atoms with Crippen LogP contribution in [0, 0.1) is 5.92 Å². The molecule has 0 aromatic carbocycles. The van der Waals surface area contributed by atoms with Crippen LogP contribution < -0.4 is 33.0 Å². The molecule has 0 saturated carbocycles. The third-order valence-electron chi connectivity index (χ3n) is 5.43. The zero-order valence-electron chi connectivity index (χ0n) is 20.0. The van der Waals surface area contributed by atoms with Crippen molar-refractivity contribution >= 4 is 40.9 Å². The summed E-state index contributed by atoms with van der Waals surface area (Å²) in [6.45, 7) is 5.17. The largest absolute Gasteiger partial charge is 0.481 e. The third-order valence-corrected chi connectivity index (χ3v) is 5.43. The van der Waals surface area contributed by atoms with Gasteiger partial charge in [0.25, 0.3) is 0 Å². The summed E-state index contributed by atoms with van der Waals surface area (Å²) in [5.74, 6) is -7.41. The number of ketones is 4. The molecule has 1 rings (SSSR count). The van der Waals surface area contributed by atoms with Gasteiger partial charge >= 0.3 is 5.97 Å². The number of carbonyl (C=O) groups is 7. The molecule has 14 heteroatoms. The molecule has 1 heterocycles. The van der Waals surface area contributed by atoms with Crippen molar-refractivity contribution in [3.63, 3.8) is 0 Å². The molecule has 5 atom stereocenters. The van der Waals surface area contributed by atoms with Crippen molar-refractivity contribution in [3.8, 4) is 0 Å². The Labute approximate surface area is 202 Å². The fourth-order valence-electron chi connectivity index (χ4n) is 3.40. The minimum atomic E-state index is -1.56. The summed E-state index contributed by atoms with van der Waals surface area (Å²) in [6.07, 6.45) is 0.0259. The summed E-state index contributed by atoms with van der Waals surface area (Å²) >= 11 is 0. The van der Waals surface area contributed by atoms with Crippen LogP contribution in [0.15, 0.2) is 0 Å². The van der Waals surface area contributed by atoms with E-state index in [2.05, 4.69) is 21.5 Å². The molecule has 1 aliphatic rings. The van der Waals surface area contributed by atoms with Crippen LogP contribution in [-0.4, -0.2) is 82.8 Å². The molecule has 0 aliphatic carbocycles. The number of hydrogen-bond donors (Lipinski definition) is 7. The van der Waals surface area contributed by atoms with Gasteiger partial charge in [0, 0.05) is 0 Å². The summed E-state index contributed by atoms with van der Waals surface area (Å²) in [7, 11) is 0. The molecule has 196 valence electrons. The Balaban J connectivity index is 2.88. The number of Topliss-reactive ketones (excluding diaryl/α,β-unsaturated/α-hetero) is 4. The molecule has 1 aliphatic heterocycles. The number of rotatable bonds is 16. The highest BCUT2D eigenvalue weighted by Gasteiger charge is 2.37.